The van der Waals surface area contributed by atoms with Crippen molar-refractivity contribution < 1.29 is 4.92 Å². The van der Waals surface area contributed by atoms with Crippen LogP contribution in [-0.2, 0) is 6.42 Å². The van der Waals surface area contributed by atoms with E-state index in [4.69, 9.17) is 0 Å². The molecule has 0 fully saturated rings. The molecule has 0 heterocycles. The number of benzene rings is 1. The van der Waals surface area contributed by atoms with Crippen LogP contribution in [0.15, 0.2) is 35.3 Å². The van der Waals surface area contributed by atoms with Crippen molar-refractivity contribution in [1.29, 1.82) is 0 Å². The highest BCUT2D eigenvalue weighted by Crippen LogP contribution is 2.25. The van der Waals surface area contributed by atoms with Crippen LogP contribution in [0.1, 0.15) is 5.56 Å². The number of nitro groups is 1. The molecule has 1 rings (SSSR count). The van der Waals surface area contributed by atoms with E-state index < -0.39 is 4.92 Å². The Bertz CT molecular complexity index is 349. The molecule has 68 valence electrons. The molecule has 0 unspecified atom stereocenters. The number of hydrogen-bond donors (Lipinski definition) is 0. The SMILES string of the molecule is C=CCc1ccc(Br)c([N+](=O)[O-])c1. The number of nitrogens with zero attached hydrogens (tertiary/aromatic N) is 1. The van der Waals surface area contributed by atoms with E-state index in [2.05, 4.69) is 22.5 Å². The first-order valence-corrected chi connectivity index (χ1v) is 4.48. The summed E-state index contributed by atoms with van der Waals surface area (Å²) in [6.45, 7) is 3.57. The minimum Gasteiger partial charge on any atom is -0.258 e. The number of allylic oxidation sites excluding steroid dienone is 1. The highest BCUT2D eigenvalue weighted by molar-refractivity contribution is 9.10. The molecule has 4 heteroatoms. The number of nitro benzene ring substituents is 1. The van der Waals surface area contributed by atoms with E-state index in [0.717, 1.165) is 5.56 Å². The first-order valence-electron chi connectivity index (χ1n) is 3.69. The van der Waals surface area contributed by atoms with Crippen molar-refractivity contribution in [3.05, 3.63) is 51.0 Å². The third-order valence-corrected chi connectivity index (χ3v) is 2.26. The second kappa shape index (κ2) is 4.18. The van der Waals surface area contributed by atoms with Crippen LogP contribution in [-0.4, -0.2) is 4.92 Å². The van der Waals surface area contributed by atoms with Gasteiger partial charge in [0, 0.05) is 6.07 Å². The first-order chi connectivity index (χ1) is 6.15. The van der Waals surface area contributed by atoms with E-state index in [1.54, 1.807) is 18.2 Å². The zero-order valence-corrected chi connectivity index (χ0v) is 8.45. The summed E-state index contributed by atoms with van der Waals surface area (Å²) in [5, 5.41) is 10.5. The van der Waals surface area contributed by atoms with Crippen LogP contribution in [0.5, 0.6) is 0 Å². The third-order valence-electron chi connectivity index (χ3n) is 1.59. The summed E-state index contributed by atoms with van der Waals surface area (Å²) in [6, 6.07) is 5.06. The molecule has 0 aliphatic heterocycles. The minimum absolute atomic E-state index is 0.0966. The normalized spacial score (nSPS) is 9.62. The van der Waals surface area contributed by atoms with Crippen molar-refractivity contribution in [3.63, 3.8) is 0 Å². The quantitative estimate of drug-likeness (QED) is 0.464. The van der Waals surface area contributed by atoms with Gasteiger partial charge in [-0.2, -0.15) is 0 Å². The van der Waals surface area contributed by atoms with E-state index in [1.165, 1.54) is 0 Å². The van der Waals surface area contributed by atoms with Crippen molar-refractivity contribution in [2.45, 2.75) is 6.42 Å². The highest BCUT2D eigenvalue weighted by Gasteiger charge is 2.11. The van der Waals surface area contributed by atoms with E-state index in [-0.39, 0.29) is 5.69 Å². The van der Waals surface area contributed by atoms with Gasteiger partial charge in [0.2, 0.25) is 0 Å². The smallest absolute Gasteiger partial charge is 0.258 e. The van der Waals surface area contributed by atoms with Gasteiger partial charge in [-0.1, -0.05) is 12.1 Å². The summed E-state index contributed by atoms with van der Waals surface area (Å²) in [5.74, 6) is 0. The Labute approximate surface area is 84.4 Å². The van der Waals surface area contributed by atoms with Gasteiger partial charge in [0.1, 0.15) is 0 Å². The molecule has 0 aliphatic rings. The van der Waals surface area contributed by atoms with Gasteiger partial charge >= 0.3 is 0 Å². The van der Waals surface area contributed by atoms with Crippen LogP contribution < -0.4 is 0 Å². The molecule has 3 nitrogen and oxygen atoms in total. The van der Waals surface area contributed by atoms with Gasteiger partial charge in [-0.15, -0.1) is 6.58 Å². The van der Waals surface area contributed by atoms with Crippen LogP contribution in [0.25, 0.3) is 0 Å². The van der Waals surface area contributed by atoms with Crippen LogP contribution in [0.3, 0.4) is 0 Å². The van der Waals surface area contributed by atoms with Crippen molar-refractivity contribution >= 4 is 21.6 Å². The van der Waals surface area contributed by atoms with Gasteiger partial charge < -0.3 is 0 Å². The molecule has 0 bridgehead atoms. The van der Waals surface area contributed by atoms with Gasteiger partial charge in [0.05, 0.1) is 9.40 Å². The van der Waals surface area contributed by atoms with Crippen LogP contribution in [0, 0.1) is 10.1 Å². The Balaban J connectivity index is 3.10. The Hall–Kier alpha value is -1.16. The number of hydrogen-bond acceptors (Lipinski definition) is 2. The summed E-state index contributed by atoms with van der Waals surface area (Å²) in [4.78, 5) is 10.1. The van der Waals surface area contributed by atoms with E-state index >= 15 is 0 Å². The molecule has 13 heavy (non-hydrogen) atoms. The van der Waals surface area contributed by atoms with Gasteiger partial charge in [0.25, 0.3) is 5.69 Å². The molecular weight excluding hydrogens is 234 g/mol. The molecule has 0 N–H and O–H groups in total. The average Bonchev–Trinajstić information content (AvgIpc) is 2.08. The lowest BCUT2D eigenvalue weighted by molar-refractivity contribution is -0.385. The summed E-state index contributed by atoms with van der Waals surface area (Å²) >= 11 is 3.11. The Kier molecular flexibility index (Phi) is 3.19. The Morgan fingerprint density at radius 3 is 2.85 bits per heavy atom. The molecule has 0 amide bonds. The Morgan fingerprint density at radius 2 is 2.31 bits per heavy atom. The standard InChI is InChI=1S/C9H8BrNO2/c1-2-3-7-4-5-8(10)9(6-7)11(12)13/h2,4-6H,1,3H2. The fourth-order valence-corrected chi connectivity index (χ4v) is 1.38. The number of rotatable bonds is 3. The summed E-state index contributed by atoms with van der Waals surface area (Å²) in [6.07, 6.45) is 2.36. The molecular formula is C9H8BrNO2. The van der Waals surface area contributed by atoms with Gasteiger partial charge in [-0.05, 0) is 34.0 Å². The monoisotopic (exact) mass is 241 g/mol. The maximum Gasteiger partial charge on any atom is 0.283 e. The molecule has 0 aliphatic carbocycles. The minimum atomic E-state index is -0.406. The lowest BCUT2D eigenvalue weighted by atomic mass is 10.1. The predicted octanol–water partition coefficient (Wildman–Crippen LogP) is 3.09. The topological polar surface area (TPSA) is 43.1 Å². The molecule has 1 aromatic carbocycles. The third kappa shape index (κ3) is 2.39. The second-order valence-electron chi connectivity index (χ2n) is 2.54. The maximum absolute atomic E-state index is 10.5. The molecule has 0 aromatic heterocycles. The zero-order chi connectivity index (χ0) is 9.84. The van der Waals surface area contributed by atoms with E-state index in [9.17, 15) is 10.1 Å². The van der Waals surface area contributed by atoms with Crippen molar-refractivity contribution in [2.24, 2.45) is 0 Å². The maximum atomic E-state index is 10.5. The Morgan fingerprint density at radius 1 is 1.62 bits per heavy atom. The summed E-state index contributed by atoms with van der Waals surface area (Å²) in [7, 11) is 0. The molecule has 0 saturated carbocycles. The van der Waals surface area contributed by atoms with Gasteiger partial charge in [-0.25, -0.2) is 0 Å². The summed E-state index contributed by atoms with van der Waals surface area (Å²) < 4.78 is 0.505. The van der Waals surface area contributed by atoms with Crippen molar-refractivity contribution in [2.75, 3.05) is 0 Å². The predicted molar refractivity (Wildman–Crippen MR) is 54.7 cm³/mol. The zero-order valence-electron chi connectivity index (χ0n) is 6.87. The van der Waals surface area contributed by atoms with Crippen molar-refractivity contribution in [1.82, 2.24) is 0 Å². The van der Waals surface area contributed by atoms with Crippen LogP contribution in [0.2, 0.25) is 0 Å². The lowest BCUT2D eigenvalue weighted by Gasteiger charge is -1.98. The van der Waals surface area contributed by atoms with Gasteiger partial charge in [-0.3, -0.25) is 10.1 Å². The lowest BCUT2D eigenvalue weighted by Crippen LogP contribution is -1.91. The first kappa shape index (κ1) is 9.92. The summed E-state index contributed by atoms with van der Waals surface area (Å²) in [5.41, 5.74) is 0.990. The molecule has 0 atom stereocenters. The molecule has 0 spiro atoms. The molecule has 1 aromatic rings. The van der Waals surface area contributed by atoms with E-state index in [1.807, 2.05) is 6.07 Å². The van der Waals surface area contributed by atoms with Crippen molar-refractivity contribution in [3.8, 4) is 0 Å². The molecule has 0 radical (unpaired) electrons. The molecule has 0 saturated heterocycles. The average molecular weight is 242 g/mol. The van der Waals surface area contributed by atoms with Crippen LogP contribution >= 0.6 is 15.9 Å². The number of halogens is 1. The van der Waals surface area contributed by atoms with E-state index in [0.29, 0.717) is 10.9 Å². The fraction of sp³-hybridized carbons (Fsp3) is 0.111. The highest BCUT2D eigenvalue weighted by atomic mass is 79.9. The van der Waals surface area contributed by atoms with Gasteiger partial charge in [0.15, 0.2) is 0 Å². The largest absolute Gasteiger partial charge is 0.283 e. The van der Waals surface area contributed by atoms with Crippen LogP contribution in [0.4, 0.5) is 5.69 Å². The second-order valence-corrected chi connectivity index (χ2v) is 3.39. The fourth-order valence-electron chi connectivity index (χ4n) is 0.992.